The van der Waals surface area contributed by atoms with Crippen LogP contribution in [0, 0.1) is 13.8 Å². The molecule has 3 heterocycles. The van der Waals surface area contributed by atoms with Gasteiger partial charge in [-0.3, -0.25) is 9.48 Å². The van der Waals surface area contributed by atoms with Crippen molar-refractivity contribution >= 4 is 11.9 Å². The summed E-state index contributed by atoms with van der Waals surface area (Å²) in [6, 6.07) is 3.63. The summed E-state index contributed by atoms with van der Waals surface area (Å²) in [6.07, 6.45) is 2.82. The summed E-state index contributed by atoms with van der Waals surface area (Å²) in [5.41, 5.74) is 2.12. The van der Waals surface area contributed by atoms with Crippen LogP contribution < -0.4 is 4.74 Å². The maximum absolute atomic E-state index is 12.8. The Kier molecular flexibility index (Phi) is 4.92. The number of hydrogen-bond donors (Lipinski definition) is 1. The Morgan fingerprint density at radius 1 is 1.19 bits per heavy atom. The van der Waals surface area contributed by atoms with E-state index in [1.165, 1.54) is 13.3 Å². The maximum Gasteiger partial charge on any atom is 0.339 e. The Labute approximate surface area is 151 Å². The van der Waals surface area contributed by atoms with E-state index in [1.54, 1.807) is 28.6 Å². The van der Waals surface area contributed by atoms with Gasteiger partial charge in [0.05, 0.1) is 25.0 Å². The van der Waals surface area contributed by atoms with Crippen LogP contribution in [-0.2, 0) is 0 Å². The van der Waals surface area contributed by atoms with Gasteiger partial charge in [-0.1, -0.05) is 0 Å². The normalized spacial score (nSPS) is 15.1. The lowest BCUT2D eigenvalue weighted by Gasteiger charge is -2.32. The first-order chi connectivity index (χ1) is 12.4. The zero-order chi connectivity index (χ0) is 18.8. The Hall–Kier alpha value is -2.90. The van der Waals surface area contributed by atoms with E-state index < -0.39 is 5.97 Å². The van der Waals surface area contributed by atoms with Crippen LogP contribution in [0.5, 0.6) is 5.88 Å². The number of carbonyl (C=O) groups is 2. The summed E-state index contributed by atoms with van der Waals surface area (Å²) in [5.74, 6) is -0.734. The van der Waals surface area contributed by atoms with Crippen molar-refractivity contribution < 1.29 is 19.4 Å². The zero-order valence-corrected chi connectivity index (χ0v) is 15.1. The summed E-state index contributed by atoms with van der Waals surface area (Å²) < 4.78 is 7.00. The molecule has 0 aliphatic carbocycles. The lowest BCUT2D eigenvalue weighted by atomic mass is 10.0. The Morgan fingerprint density at radius 2 is 1.88 bits per heavy atom. The van der Waals surface area contributed by atoms with Gasteiger partial charge in [-0.2, -0.15) is 5.10 Å². The number of aromatic carboxylic acids is 1. The molecule has 2 aromatic rings. The summed E-state index contributed by atoms with van der Waals surface area (Å²) >= 11 is 0. The molecule has 8 nitrogen and oxygen atoms in total. The predicted molar refractivity (Wildman–Crippen MR) is 93.6 cm³/mol. The van der Waals surface area contributed by atoms with Gasteiger partial charge in [0, 0.05) is 18.8 Å². The van der Waals surface area contributed by atoms with Crippen LogP contribution in [0.4, 0.5) is 0 Å². The molecule has 1 aliphatic rings. The molecule has 3 rings (SSSR count). The number of ether oxygens (including phenoxy) is 1. The molecule has 138 valence electrons. The average Bonchev–Trinajstić information content (AvgIpc) is 3.03. The van der Waals surface area contributed by atoms with Gasteiger partial charge in [-0.15, -0.1) is 0 Å². The molecule has 0 spiro atoms. The van der Waals surface area contributed by atoms with Crippen LogP contribution in [0.25, 0.3) is 0 Å². The minimum Gasteiger partial charge on any atom is -0.480 e. The van der Waals surface area contributed by atoms with E-state index in [-0.39, 0.29) is 17.5 Å². The number of piperidine rings is 1. The van der Waals surface area contributed by atoms with Gasteiger partial charge in [-0.25, -0.2) is 9.78 Å². The number of likely N-dealkylation sites (tertiary alicyclic amines) is 1. The number of aromatic nitrogens is 3. The van der Waals surface area contributed by atoms with E-state index in [2.05, 4.69) is 10.1 Å². The molecule has 8 heteroatoms. The predicted octanol–water partition coefficient (Wildman–Crippen LogP) is 2.08. The smallest absolute Gasteiger partial charge is 0.339 e. The molecule has 2 aromatic heterocycles. The number of amides is 1. The van der Waals surface area contributed by atoms with E-state index in [0.29, 0.717) is 30.2 Å². The highest BCUT2D eigenvalue weighted by atomic mass is 16.5. The number of rotatable bonds is 4. The average molecular weight is 358 g/mol. The molecule has 0 bridgehead atoms. The third-order valence-electron chi connectivity index (χ3n) is 4.80. The Morgan fingerprint density at radius 3 is 2.46 bits per heavy atom. The lowest BCUT2D eigenvalue weighted by Crippen LogP contribution is -2.39. The van der Waals surface area contributed by atoms with Crippen LogP contribution in [0.1, 0.15) is 51.0 Å². The first kappa shape index (κ1) is 17.9. The fourth-order valence-corrected chi connectivity index (χ4v) is 3.34. The quantitative estimate of drug-likeness (QED) is 0.899. The monoisotopic (exact) mass is 358 g/mol. The van der Waals surface area contributed by atoms with Gasteiger partial charge in [0.1, 0.15) is 11.1 Å². The summed E-state index contributed by atoms with van der Waals surface area (Å²) in [6.45, 7) is 4.75. The number of aryl methyl sites for hydroxylation is 1. The third-order valence-corrected chi connectivity index (χ3v) is 4.80. The zero-order valence-electron chi connectivity index (χ0n) is 15.1. The van der Waals surface area contributed by atoms with Gasteiger partial charge >= 0.3 is 5.97 Å². The Bertz CT molecular complexity index is 838. The first-order valence-electron chi connectivity index (χ1n) is 8.50. The van der Waals surface area contributed by atoms with Crippen molar-refractivity contribution in [1.29, 1.82) is 0 Å². The highest BCUT2D eigenvalue weighted by molar-refractivity contribution is 5.96. The van der Waals surface area contributed by atoms with E-state index >= 15 is 0 Å². The molecule has 26 heavy (non-hydrogen) atoms. The molecular formula is C18H22N4O4. The highest BCUT2D eigenvalue weighted by Gasteiger charge is 2.28. The number of hydrogen-bond acceptors (Lipinski definition) is 5. The van der Waals surface area contributed by atoms with Gasteiger partial charge in [-0.05, 0) is 38.8 Å². The molecule has 1 fully saturated rings. The van der Waals surface area contributed by atoms with Crippen molar-refractivity contribution in [3.63, 3.8) is 0 Å². The van der Waals surface area contributed by atoms with Crippen molar-refractivity contribution in [2.45, 2.75) is 32.7 Å². The minimum atomic E-state index is -0.972. The second-order valence-electron chi connectivity index (χ2n) is 6.43. The molecule has 1 aliphatic heterocycles. The first-order valence-corrected chi connectivity index (χ1v) is 8.50. The molecule has 0 atom stereocenters. The van der Waals surface area contributed by atoms with Gasteiger partial charge < -0.3 is 14.7 Å². The van der Waals surface area contributed by atoms with Crippen LogP contribution in [0.2, 0.25) is 0 Å². The van der Waals surface area contributed by atoms with Crippen molar-refractivity contribution in [1.82, 2.24) is 19.7 Å². The maximum atomic E-state index is 12.8. The second kappa shape index (κ2) is 7.15. The van der Waals surface area contributed by atoms with Crippen molar-refractivity contribution in [3.05, 3.63) is 40.8 Å². The molecule has 0 unspecified atom stereocenters. The molecule has 0 radical (unpaired) electrons. The standard InChI is InChI=1S/C18H22N4O4/c1-11-4-5-14(16(20-11)26-3)17(23)21-8-6-13(7-9-21)22-12(2)15(10-19-22)18(24)25/h4-5,10,13H,6-9H2,1-3H3,(H,24,25). The minimum absolute atomic E-state index is 0.0881. The van der Waals surface area contributed by atoms with E-state index in [0.717, 1.165) is 18.5 Å². The number of carboxylic acid groups (broad SMARTS) is 1. The van der Waals surface area contributed by atoms with Crippen LogP contribution >= 0.6 is 0 Å². The van der Waals surface area contributed by atoms with Crippen molar-refractivity contribution in [2.75, 3.05) is 20.2 Å². The molecule has 0 saturated carbocycles. The van der Waals surface area contributed by atoms with Gasteiger partial charge in [0.25, 0.3) is 5.91 Å². The molecule has 0 aromatic carbocycles. The van der Waals surface area contributed by atoms with E-state index in [1.807, 2.05) is 6.92 Å². The molecular weight excluding hydrogens is 336 g/mol. The topological polar surface area (TPSA) is 97.5 Å². The van der Waals surface area contributed by atoms with Gasteiger partial charge in [0.15, 0.2) is 0 Å². The number of methoxy groups -OCH3 is 1. The number of nitrogens with zero attached hydrogens (tertiary/aromatic N) is 4. The van der Waals surface area contributed by atoms with E-state index in [9.17, 15) is 9.59 Å². The Balaban J connectivity index is 1.71. The molecule has 1 saturated heterocycles. The van der Waals surface area contributed by atoms with Crippen molar-refractivity contribution in [3.8, 4) is 5.88 Å². The summed E-state index contributed by atoms with van der Waals surface area (Å²) in [4.78, 5) is 30.0. The van der Waals surface area contributed by atoms with Crippen LogP contribution in [0.15, 0.2) is 18.3 Å². The second-order valence-corrected chi connectivity index (χ2v) is 6.43. The lowest BCUT2D eigenvalue weighted by molar-refractivity contribution is 0.0684. The highest BCUT2D eigenvalue weighted by Crippen LogP contribution is 2.27. The van der Waals surface area contributed by atoms with Crippen LogP contribution in [-0.4, -0.2) is 56.8 Å². The largest absolute Gasteiger partial charge is 0.480 e. The molecule has 1 amide bonds. The van der Waals surface area contributed by atoms with Crippen LogP contribution in [0.3, 0.4) is 0 Å². The fraction of sp³-hybridized carbons (Fsp3) is 0.444. The third kappa shape index (κ3) is 3.26. The summed E-state index contributed by atoms with van der Waals surface area (Å²) in [5, 5.41) is 13.4. The van der Waals surface area contributed by atoms with E-state index in [4.69, 9.17) is 9.84 Å². The summed E-state index contributed by atoms with van der Waals surface area (Å²) in [7, 11) is 1.51. The number of carbonyl (C=O) groups excluding carboxylic acids is 1. The number of carboxylic acids is 1. The SMILES string of the molecule is COc1nc(C)ccc1C(=O)N1CCC(n2ncc(C(=O)O)c2C)CC1. The van der Waals surface area contributed by atoms with Gasteiger partial charge in [0.2, 0.25) is 5.88 Å². The molecule has 1 N–H and O–H groups in total. The van der Waals surface area contributed by atoms with Crippen molar-refractivity contribution in [2.24, 2.45) is 0 Å². The number of pyridine rings is 1. The fourth-order valence-electron chi connectivity index (χ4n) is 3.34.